The van der Waals surface area contributed by atoms with Gasteiger partial charge in [-0.1, -0.05) is 24.3 Å². The minimum Gasteiger partial charge on any atom is -0.496 e. The van der Waals surface area contributed by atoms with Crippen molar-refractivity contribution in [3.05, 3.63) is 72.3 Å². The molecule has 0 unspecified atom stereocenters. The van der Waals surface area contributed by atoms with Crippen LogP contribution < -0.4 is 20.3 Å². The lowest BCUT2D eigenvalue weighted by atomic mass is 9.90. The number of ether oxygens (including phenoxy) is 3. The Hall–Kier alpha value is -3.36. The van der Waals surface area contributed by atoms with Gasteiger partial charge in [0.1, 0.15) is 17.6 Å². The van der Waals surface area contributed by atoms with Gasteiger partial charge in [0.25, 0.3) is 5.91 Å². The van der Waals surface area contributed by atoms with Crippen molar-refractivity contribution in [1.82, 2.24) is 10.9 Å². The van der Waals surface area contributed by atoms with Crippen LogP contribution in [0.25, 0.3) is 0 Å². The van der Waals surface area contributed by atoms with Gasteiger partial charge in [0.15, 0.2) is 5.54 Å². The van der Waals surface area contributed by atoms with E-state index in [4.69, 9.17) is 24.3 Å². The van der Waals surface area contributed by atoms with Crippen molar-refractivity contribution in [3.63, 3.8) is 0 Å². The highest BCUT2D eigenvalue weighted by Gasteiger charge is 2.49. The third-order valence-electron chi connectivity index (χ3n) is 5.46. The number of para-hydroxylation sites is 1. The number of amides is 1. The van der Waals surface area contributed by atoms with Gasteiger partial charge in [0.2, 0.25) is 5.90 Å². The van der Waals surface area contributed by atoms with E-state index in [-0.39, 0.29) is 12.5 Å². The first-order valence-corrected chi connectivity index (χ1v) is 10.9. The van der Waals surface area contributed by atoms with Crippen molar-refractivity contribution in [2.75, 3.05) is 20.3 Å². The highest BCUT2D eigenvalue weighted by Crippen LogP contribution is 2.32. The summed E-state index contributed by atoms with van der Waals surface area (Å²) in [6, 6.07) is 14.9. The van der Waals surface area contributed by atoms with Crippen LogP contribution in [0.5, 0.6) is 11.5 Å². The smallest absolute Gasteiger partial charge is 0.266 e. The maximum Gasteiger partial charge on any atom is 0.266 e. The lowest BCUT2D eigenvalue weighted by Gasteiger charge is -2.27. The predicted octanol–water partition coefficient (Wildman–Crippen LogP) is 2.76. The van der Waals surface area contributed by atoms with Crippen molar-refractivity contribution in [3.8, 4) is 11.5 Å². The minimum absolute atomic E-state index is 0.0851. The fraction of sp³-hybridized carbons (Fsp3) is 0.360. The lowest BCUT2D eigenvalue weighted by molar-refractivity contribution is -0.129. The molecule has 2 aromatic carbocycles. The molecule has 1 amide bonds. The Balaban J connectivity index is 1.71. The Morgan fingerprint density at radius 1 is 1.27 bits per heavy atom. The van der Waals surface area contributed by atoms with E-state index in [0.717, 1.165) is 16.9 Å². The number of carbonyl (C=O) groups excluding carboxylic acids is 1. The number of carbonyl (C=O) groups is 1. The van der Waals surface area contributed by atoms with E-state index in [2.05, 4.69) is 17.4 Å². The first-order valence-electron chi connectivity index (χ1n) is 10.9. The Morgan fingerprint density at radius 2 is 2.03 bits per heavy atom. The van der Waals surface area contributed by atoms with Crippen LogP contribution in [0.15, 0.2) is 66.2 Å². The lowest BCUT2D eigenvalue weighted by Crippen LogP contribution is -2.54. The van der Waals surface area contributed by atoms with Crippen molar-refractivity contribution >= 4 is 11.8 Å². The molecule has 2 atom stereocenters. The molecule has 8 heteroatoms. The Kier molecular flexibility index (Phi) is 8.46. The molecule has 1 aliphatic rings. The topological polar surface area (TPSA) is 101 Å². The Morgan fingerprint density at radius 3 is 2.73 bits per heavy atom. The molecule has 3 rings (SSSR count). The molecule has 0 fully saturated rings. The number of aliphatic imine (C=N–C) groups is 1. The molecule has 1 aliphatic heterocycles. The average Bonchev–Trinajstić information content (AvgIpc) is 3.17. The maximum absolute atomic E-state index is 13.2. The second kappa shape index (κ2) is 11.5. The van der Waals surface area contributed by atoms with Gasteiger partial charge in [-0.25, -0.2) is 10.4 Å². The van der Waals surface area contributed by atoms with Gasteiger partial charge < -0.3 is 19.3 Å². The number of nitrogens with one attached hydrogen (secondary N) is 2. The molecule has 0 saturated heterocycles. The van der Waals surface area contributed by atoms with Crippen molar-refractivity contribution in [2.45, 2.75) is 38.0 Å². The number of rotatable bonds is 12. The van der Waals surface area contributed by atoms with Crippen molar-refractivity contribution < 1.29 is 24.1 Å². The van der Waals surface area contributed by atoms with Gasteiger partial charge in [0.05, 0.1) is 13.7 Å². The average molecular weight is 454 g/mol. The molecule has 8 nitrogen and oxygen atoms in total. The molecule has 0 bridgehead atoms. The fourth-order valence-corrected chi connectivity index (χ4v) is 3.58. The van der Waals surface area contributed by atoms with E-state index in [1.54, 1.807) is 13.2 Å². The predicted molar refractivity (Wildman–Crippen MR) is 126 cm³/mol. The van der Waals surface area contributed by atoms with Crippen molar-refractivity contribution in [2.24, 2.45) is 4.99 Å². The second-order valence-electron chi connectivity index (χ2n) is 7.66. The van der Waals surface area contributed by atoms with E-state index >= 15 is 0 Å². The summed E-state index contributed by atoms with van der Waals surface area (Å²) in [5, 5.41) is 8.87. The molecule has 3 N–H and O–H groups in total. The van der Waals surface area contributed by atoms with Crippen LogP contribution in [0, 0.1) is 0 Å². The second-order valence-corrected chi connectivity index (χ2v) is 7.66. The summed E-state index contributed by atoms with van der Waals surface area (Å²) in [5.74, 6) is 1.52. The first-order chi connectivity index (χ1) is 16.0. The van der Waals surface area contributed by atoms with Crippen LogP contribution in [0.2, 0.25) is 0 Å². The van der Waals surface area contributed by atoms with E-state index in [0.29, 0.717) is 37.6 Å². The van der Waals surface area contributed by atoms with E-state index < -0.39 is 11.6 Å². The number of benzene rings is 2. The van der Waals surface area contributed by atoms with Gasteiger partial charge in [-0.15, -0.1) is 6.58 Å². The zero-order valence-electron chi connectivity index (χ0n) is 19.0. The van der Waals surface area contributed by atoms with E-state index in [9.17, 15) is 4.79 Å². The molecule has 33 heavy (non-hydrogen) atoms. The molecule has 176 valence electrons. The van der Waals surface area contributed by atoms with Gasteiger partial charge in [-0.3, -0.25) is 10.2 Å². The molecule has 0 aromatic heterocycles. The third kappa shape index (κ3) is 5.71. The monoisotopic (exact) mass is 453 g/mol. The summed E-state index contributed by atoms with van der Waals surface area (Å²) in [7, 11) is 1.61. The SMILES string of the molecule is C=CC[C@]1(C(=O)NNCc2ccccc2OC)N=C(c2ccc(OCCCO)cc2)O[C@H]1C. The van der Waals surface area contributed by atoms with Gasteiger partial charge in [-0.2, -0.15) is 0 Å². The number of hydrazine groups is 1. The highest BCUT2D eigenvalue weighted by atomic mass is 16.5. The molecule has 1 heterocycles. The molecule has 0 spiro atoms. The third-order valence-corrected chi connectivity index (χ3v) is 5.46. The number of hydrogen-bond acceptors (Lipinski definition) is 7. The summed E-state index contributed by atoms with van der Waals surface area (Å²) in [5.41, 5.74) is 6.27. The summed E-state index contributed by atoms with van der Waals surface area (Å²) in [6.45, 7) is 6.55. The number of aliphatic hydroxyl groups excluding tert-OH is 1. The van der Waals surface area contributed by atoms with Crippen LogP contribution in [-0.2, 0) is 16.1 Å². The fourth-order valence-electron chi connectivity index (χ4n) is 3.58. The van der Waals surface area contributed by atoms with Crippen LogP contribution in [0.1, 0.15) is 30.9 Å². The van der Waals surface area contributed by atoms with Crippen LogP contribution >= 0.6 is 0 Å². The number of hydrogen-bond donors (Lipinski definition) is 3. The van der Waals surface area contributed by atoms with E-state index in [1.165, 1.54) is 0 Å². The molecule has 2 aromatic rings. The minimum atomic E-state index is -1.14. The summed E-state index contributed by atoms with van der Waals surface area (Å²) in [6.07, 6.45) is 2.07. The standard InChI is InChI=1S/C25H31N3O5/c1-4-14-25(24(30)28-26-17-20-8-5-6-9-22(20)31-3)18(2)33-23(27-25)19-10-12-21(13-11-19)32-16-7-15-29/h4-6,8-13,18,26,29H,1,7,14-17H2,2-3H3,(H,28,30)/t18-,25-/m0/s1. The van der Waals surface area contributed by atoms with E-state index in [1.807, 2.05) is 55.5 Å². The summed E-state index contributed by atoms with van der Waals surface area (Å²) in [4.78, 5) is 17.9. The molecule has 0 aliphatic carbocycles. The zero-order chi connectivity index (χ0) is 23.7. The summed E-state index contributed by atoms with van der Waals surface area (Å²) < 4.78 is 16.9. The molecular weight excluding hydrogens is 422 g/mol. The first kappa shape index (κ1) is 24.3. The largest absolute Gasteiger partial charge is 0.496 e. The Bertz CT molecular complexity index is 976. The number of methoxy groups -OCH3 is 1. The molecule has 0 radical (unpaired) electrons. The zero-order valence-corrected chi connectivity index (χ0v) is 19.0. The maximum atomic E-state index is 13.2. The van der Waals surface area contributed by atoms with Crippen LogP contribution in [0.3, 0.4) is 0 Å². The normalized spacial score (nSPS) is 19.4. The van der Waals surface area contributed by atoms with Gasteiger partial charge in [0, 0.05) is 37.1 Å². The highest BCUT2D eigenvalue weighted by molar-refractivity contribution is 6.00. The van der Waals surface area contributed by atoms with Crippen LogP contribution in [0.4, 0.5) is 0 Å². The Labute approximate surface area is 194 Å². The number of nitrogens with zero attached hydrogens (tertiary/aromatic N) is 1. The van der Waals surface area contributed by atoms with Gasteiger partial charge >= 0.3 is 0 Å². The molecular formula is C25H31N3O5. The van der Waals surface area contributed by atoms with Gasteiger partial charge in [-0.05, 0) is 37.3 Å². The molecule has 0 saturated carbocycles. The van der Waals surface area contributed by atoms with Crippen LogP contribution in [-0.4, -0.2) is 48.9 Å². The number of aliphatic hydroxyl groups is 1. The quantitative estimate of drug-likeness (QED) is 0.260. The summed E-state index contributed by atoms with van der Waals surface area (Å²) >= 11 is 0. The van der Waals surface area contributed by atoms with Crippen molar-refractivity contribution in [1.29, 1.82) is 0 Å².